The van der Waals surface area contributed by atoms with Gasteiger partial charge in [0, 0.05) is 11.6 Å². The molecule has 0 N–H and O–H groups in total. The van der Waals surface area contributed by atoms with Crippen molar-refractivity contribution in [2.75, 3.05) is 13.2 Å². The molecule has 0 aromatic rings. The number of unbranched alkanes of at least 4 members (excludes halogenated alkanes) is 4. The first-order valence-corrected chi connectivity index (χ1v) is 7.41. The Morgan fingerprint density at radius 1 is 0.952 bits per heavy atom. The SMILES string of the molecule is C=CCOC(=O)/C=C(/CCCCCCC)C(=O)OCC=C. The molecule has 0 saturated heterocycles. The minimum atomic E-state index is -0.547. The molecular formula is C17H26O4. The number of rotatable bonds is 12. The van der Waals surface area contributed by atoms with Crippen LogP contribution in [0.3, 0.4) is 0 Å². The van der Waals surface area contributed by atoms with E-state index < -0.39 is 11.9 Å². The van der Waals surface area contributed by atoms with Crippen LogP contribution in [0.5, 0.6) is 0 Å². The van der Waals surface area contributed by atoms with Crippen molar-refractivity contribution in [3.63, 3.8) is 0 Å². The Labute approximate surface area is 127 Å². The summed E-state index contributed by atoms with van der Waals surface area (Å²) < 4.78 is 9.84. The first-order valence-electron chi connectivity index (χ1n) is 7.41. The first kappa shape index (κ1) is 19.2. The summed E-state index contributed by atoms with van der Waals surface area (Å²) >= 11 is 0. The van der Waals surface area contributed by atoms with Crippen LogP contribution in [0.25, 0.3) is 0 Å². The van der Waals surface area contributed by atoms with Crippen LogP contribution in [-0.2, 0) is 19.1 Å². The molecule has 0 heterocycles. The molecular weight excluding hydrogens is 268 g/mol. The smallest absolute Gasteiger partial charge is 0.334 e. The second kappa shape index (κ2) is 13.2. The summed E-state index contributed by atoms with van der Waals surface area (Å²) in [5.74, 6) is -1.03. The van der Waals surface area contributed by atoms with E-state index in [-0.39, 0.29) is 13.2 Å². The van der Waals surface area contributed by atoms with Crippen LogP contribution in [0.15, 0.2) is 37.0 Å². The lowest BCUT2D eigenvalue weighted by Crippen LogP contribution is -2.11. The van der Waals surface area contributed by atoms with Gasteiger partial charge in [0.05, 0.1) is 0 Å². The van der Waals surface area contributed by atoms with Gasteiger partial charge in [-0.1, -0.05) is 57.9 Å². The lowest BCUT2D eigenvalue weighted by molar-refractivity contribution is -0.140. The number of esters is 2. The zero-order chi connectivity index (χ0) is 15.9. The Balaban J connectivity index is 4.48. The quantitative estimate of drug-likeness (QED) is 0.238. The molecule has 0 bridgehead atoms. The van der Waals surface area contributed by atoms with Crippen LogP contribution < -0.4 is 0 Å². The summed E-state index contributed by atoms with van der Waals surface area (Å²) in [6, 6.07) is 0. The summed E-state index contributed by atoms with van der Waals surface area (Å²) in [5.41, 5.74) is 0.349. The van der Waals surface area contributed by atoms with E-state index in [4.69, 9.17) is 9.47 Å². The molecule has 0 aliphatic rings. The zero-order valence-electron chi connectivity index (χ0n) is 12.9. The molecule has 0 unspecified atom stereocenters. The van der Waals surface area contributed by atoms with E-state index >= 15 is 0 Å². The monoisotopic (exact) mass is 294 g/mol. The van der Waals surface area contributed by atoms with E-state index in [0.717, 1.165) is 25.7 Å². The Morgan fingerprint density at radius 3 is 2.19 bits per heavy atom. The van der Waals surface area contributed by atoms with Crippen LogP contribution in [0.4, 0.5) is 0 Å². The largest absolute Gasteiger partial charge is 0.458 e. The van der Waals surface area contributed by atoms with Crippen LogP contribution in [0, 0.1) is 0 Å². The molecule has 4 heteroatoms. The molecule has 0 aromatic heterocycles. The highest BCUT2D eigenvalue weighted by atomic mass is 16.5. The van der Waals surface area contributed by atoms with E-state index in [0.29, 0.717) is 12.0 Å². The highest BCUT2D eigenvalue weighted by Gasteiger charge is 2.13. The maximum absolute atomic E-state index is 11.9. The molecule has 0 spiro atoms. The van der Waals surface area contributed by atoms with Crippen molar-refractivity contribution in [1.29, 1.82) is 0 Å². The molecule has 0 saturated carbocycles. The third-order valence-electron chi connectivity index (χ3n) is 2.78. The predicted octanol–water partition coefficient (Wildman–Crippen LogP) is 3.73. The Morgan fingerprint density at radius 2 is 1.57 bits per heavy atom. The third kappa shape index (κ3) is 10.6. The predicted molar refractivity (Wildman–Crippen MR) is 83.8 cm³/mol. The molecule has 4 nitrogen and oxygen atoms in total. The van der Waals surface area contributed by atoms with E-state index in [1.54, 1.807) is 0 Å². The molecule has 0 atom stereocenters. The lowest BCUT2D eigenvalue weighted by Gasteiger charge is -2.07. The van der Waals surface area contributed by atoms with Gasteiger partial charge in [-0.05, 0) is 12.8 Å². The summed E-state index contributed by atoms with van der Waals surface area (Å²) in [5, 5.41) is 0. The van der Waals surface area contributed by atoms with Crippen molar-refractivity contribution in [2.45, 2.75) is 45.4 Å². The van der Waals surface area contributed by atoms with Gasteiger partial charge in [-0.15, -0.1) is 0 Å². The van der Waals surface area contributed by atoms with E-state index in [9.17, 15) is 9.59 Å². The third-order valence-corrected chi connectivity index (χ3v) is 2.78. The molecule has 0 fully saturated rings. The van der Waals surface area contributed by atoms with Gasteiger partial charge in [0.1, 0.15) is 13.2 Å². The van der Waals surface area contributed by atoms with Gasteiger partial charge in [0.25, 0.3) is 0 Å². The van der Waals surface area contributed by atoms with Crippen molar-refractivity contribution in [3.8, 4) is 0 Å². The van der Waals surface area contributed by atoms with E-state index in [2.05, 4.69) is 20.1 Å². The Kier molecular flexibility index (Phi) is 12.0. The van der Waals surface area contributed by atoms with Gasteiger partial charge in [-0.25, -0.2) is 9.59 Å². The lowest BCUT2D eigenvalue weighted by atomic mass is 10.1. The average Bonchev–Trinajstić information content (AvgIpc) is 2.49. The van der Waals surface area contributed by atoms with Gasteiger partial charge in [-0.3, -0.25) is 0 Å². The van der Waals surface area contributed by atoms with Gasteiger partial charge >= 0.3 is 11.9 Å². The zero-order valence-corrected chi connectivity index (χ0v) is 12.9. The molecule has 0 rings (SSSR count). The molecule has 0 aromatic carbocycles. The maximum Gasteiger partial charge on any atom is 0.334 e. The van der Waals surface area contributed by atoms with Gasteiger partial charge < -0.3 is 9.47 Å². The van der Waals surface area contributed by atoms with E-state index in [1.807, 2.05) is 0 Å². The highest BCUT2D eigenvalue weighted by Crippen LogP contribution is 2.13. The molecule has 0 aliphatic heterocycles. The number of hydrogen-bond donors (Lipinski definition) is 0. The van der Waals surface area contributed by atoms with Crippen molar-refractivity contribution in [1.82, 2.24) is 0 Å². The van der Waals surface area contributed by atoms with Crippen molar-refractivity contribution >= 4 is 11.9 Å². The first-order chi connectivity index (χ1) is 10.2. The fourth-order valence-corrected chi connectivity index (χ4v) is 1.70. The summed E-state index contributed by atoms with van der Waals surface area (Å²) in [6.45, 7) is 9.36. The number of hydrogen-bond acceptors (Lipinski definition) is 4. The Hall–Kier alpha value is -1.84. The van der Waals surface area contributed by atoms with Crippen molar-refractivity contribution < 1.29 is 19.1 Å². The second-order valence-corrected chi connectivity index (χ2v) is 4.64. The summed E-state index contributed by atoms with van der Waals surface area (Å²) in [7, 11) is 0. The normalized spacial score (nSPS) is 10.8. The van der Waals surface area contributed by atoms with Crippen LogP contribution in [0.1, 0.15) is 45.4 Å². The minimum absolute atomic E-state index is 0.126. The highest BCUT2D eigenvalue weighted by molar-refractivity contribution is 5.96. The summed E-state index contributed by atoms with van der Waals surface area (Å²) in [4.78, 5) is 23.4. The minimum Gasteiger partial charge on any atom is -0.458 e. The summed E-state index contributed by atoms with van der Waals surface area (Å²) in [6.07, 6.45) is 10.1. The molecule has 118 valence electrons. The Bertz CT molecular complexity index is 369. The fraction of sp³-hybridized carbons (Fsp3) is 0.529. The fourth-order valence-electron chi connectivity index (χ4n) is 1.70. The molecule has 21 heavy (non-hydrogen) atoms. The van der Waals surface area contributed by atoms with Gasteiger partial charge in [0.2, 0.25) is 0 Å². The molecule has 0 radical (unpaired) electrons. The average molecular weight is 294 g/mol. The van der Waals surface area contributed by atoms with Crippen molar-refractivity contribution in [2.24, 2.45) is 0 Å². The number of carbonyl (C=O) groups is 2. The standard InChI is InChI=1S/C17H26O4/c1-4-7-8-9-10-11-15(17(19)21-13-6-3)14-16(18)20-12-5-2/h5-6,14H,2-4,7-13H2,1H3/b15-14-. The number of ether oxygens (including phenoxy) is 2. The topological polar surface area (TPSA) is 52.6 Å². The molecule has 0 aliphatic carbocycles. The maximum atomic E-state index is 11.9. The van der Waals surface area contributed by atoms with E-state index in [1.165, 1.54) is 24.6 Å². The van der Waals surface area contributed by atoms with Gasteiger partial charge in [-0.2, -0.15) is 0 Å². The van der Waals surface area contributed by atoms with Crippen LogP contribution in [0.2, 0.25) is 0 Å². The number of carbonyl (C=O) groups excluding carboxylic acids is 2. The second-order valence-electron chi connectivity index (χ2n) is 4.64. The van der Waals surface area contributed by atoms with Crippen LogP contribution in [-0.4, -0.2) is 25.2 Å². The van der Waals surface area contributed by atoms with Gasteiger partial charge in [0.15, 0.2) is 0 Å². The molecule has 0 amide bonds. The van der Waals surface area contributed by atoms with Crippen LogP contribution >= 0.6 is 0 Å². The van der Waals surface area contributed by atoms with Crippen molar-refractivity contribution in [3.05, 3.63) is 37.0 Å².